The predicted octanol–water partition coefficient (Wildman–Crippen LogP) is 0.900. The van der Waals surface area contributed by atoms with Crippen molar-refractivity contribution < 1.29 is 72.5 Å². The van der Waals surface area contributed by atoms with Gasteiger partial charge in [-0.05, 0) is 33.6 Å². The molecule has 192 valence electrons. The van der Waals surface area contributed by atoms with Crippen LogP contribution < -0.4 is 29.6 Å². The summed E-state index contributed by atoms with van der Waals surface area (Å²) < 4.78 is 45.5. The second-order valence-corrected chi connectivity index (χ2v) is 10.1. The van der Waals surface area contributed by atoms with E-state index in [2.05, 4.69) is 13.2 Å². The van der Waals surface area contributed by atoms with Crippen LogP contribution in [-0.2, 0) is 38.7 Å². The van der Waals surface area contributed by atoms with E-state index in [0.29, 0.717) is 12.8 Å². The second-order valence-electron chi connectivity index (χ2n) is 8.52. The van der Waals surface area contributed by atoms with Gasteiger partial charge < -0.3 is 15.6 Å². The molecular weight excluding hydrogens is 475 g/mol. The molecule has 0 fully saturated rings. The van der Waals surface area contributed by atoms with Crippen molar-refractivity contribution in [3.63, 3.8) is 0 Å². The van der Waals surface area contributed by atoms with Crippen LogP contribution in [0.5, 0.6) is 0 Å². The molecule has 0 aliphatic rings. The number of hydrogen-bond donors (Lipinski definition) is 1. The molecule has 0 aromatic carbocycles. The smallest absolute Gasteiger partial charge is 1.00 e. The molecule has 0 atom stereocenters. The predicted molar refractivity (Wildman–Crippen MR) is 125 cm³/mol. The van der Waals surface area contributed by atoms with Gasteiger partial charge in [-0.3, -0.25) is 9.35 Å². The molecule has 0 aliphatic carbocycles. The van der Waals surface area contributed by atoms with Crippen LogP contribution in [0.1, 0.15) is 73.6 Å². The summed E-state index contributed by atoms with van der Waals surface area (Å²) in [6.07, 6.45) is 6.50. The Morgan fingerprint density at radius 1 is 0.794 bits per heavy atom. The third-order valence-corrected chi connectivity index (χ3v) is 5.57. The van der Waals surface area contributed by atoms with Gasteiger partial charge in [0, 0.05) is 11.1 Å². The molecule has 1 N–H and O–H groups in total. The van der Waals surface area contributed by atoms with Crippen molar-refractivity contribution >= 4 is 28.0 Å². The van der Waals surface area contributed by atoms with Crippen molar-refractivity contribution in [2.24, 2.45) is 5.41 Å². The van der Waals surface area contributed by atoms with E-state index in [4.69, 9.17) is 18.8 Å². The standard InChI is InChI=1S/C23H38O9S.Na.H/c1-18(2)20(24)31-16-23(5,17-32-21(25)19(3)4)22(26)30-14-12-10-8-6-7-9-11-13-15-33(27,28)29;;/h1,3,6-17H2,2,4-5H3,(H,27,28,29);;/q;+1;-1. The average molecular weight is 515 g/mol. The topological polar surface area (TPSA) is 133 Å². The van der Waals surface area contributed by atoms with E-state index in [-0.39, 0.29) is 67.7 Å². The van der Waals surface area contributed by atoms with Crippen LogP contribution in [0.2, 0.25) is 0 Å². The third kappa shape index (κ3) is 17.3. The zero-order valence-corrected chi connectivity index (χ0v) is 23.8. The van der Waals surface area contributed by atoms with Crippen LogP contribution in [0.3, 0.4) is 0 Å². The minimum Gasteiger partial charge on any atom is -1.00 e. The van der Waals surface area contributed by atoms with E-state index in [1.807, 2.05) is 0 Å². The Morgan fingerprint density at radius 3 is 1.56 bits per heavy atom. The SMILES string of the molecule is C=C(C)C(=O)OCC(C)(COC(=O)C(=C)C)C(=O)OCCCCCCCCCCS(=O)(=O)O.[H-].[Na+]. The summed E-state index contributed by atoms with van der Waals surface area (Å²) in [5, 5.41) is 0. The molecular formula is C23H39NaO9S. The van der Waals surface area contributed by atoms with Crippen molar-refractivity contribution in [1.82, 2.24) is 0 Å². The molecule has 0 saturated heterocycles. The largest absolute Gasteiger partial charge is 1.00 e. The molecule has 0 bridgehead atoms. The molecule has 0 radical (unpaired) electrons. The van der Waals surface area contributed by atoms with E-state index in [0.717, 1.165) is 38.5 Å². The van der Waals surface area contributed by atoms with Gasteiger partial charge in [0.1, 0.15) is 18.6 Å². The maximum Gasteiger partial charge on any atom is 1.00 e. The molecule has 0 rings (SSSR count). The summed E-state index contributed by atoms with van der Waals surface area (Å²) in [7, 11) is -3.87. The first-order valence-corrected chi connectivity index (χ1v) is 12.7. The number of carbonyl (C=O) groups is 3. The zero-order chi connectivity index (χ0) is 25.5. The first-order chi connectivity index (χ1) is 15.3. The molecule has 0 spiro atoms. The first kappa shape index (κ1) is 35.0. The molecule has 0 amide bonds. The Labute approximate surface area is 227 Å². The Kier molecular flexibility index (Phi) is 18.6. The van der Waals surface area contributed by atoms with Gasteiger partial charge in [0.15, 0.2) is 0 Å². The van der Waals surface area contributed by atoms with Crippen molar-refractivity contribution in [1.29, 1.82) is 0 Å². The van der Waals surface area contributed by atoms with E-state index >= 15 is 0 Å². The maximum absolute atomic E-state index is 12.6. The van der Waals surface area contributed by atoms with E-state index < -0.39 is 33.4 Å². The molecule has 34 heavy (non-hydrogen) atoms. The molecule has 0 aromatic rings. The summed E-state index contributed by atoms with van der Waals surface area (Å²) in [6.45, 7) is 11.0. The van der Waals surface area contributed by atoms with Crippen LogP contribution in [0, 0.1) is 5.41 Å². The Bertz CT molecular complexity index is 767. The van der Waals surface area contributed by atoms with Crippen LogP contribution >= 0.6 is 0 Å². The summed E-state index contributed by atoms with van der Waals surface area (Å²) in [4.78, 5) is 36.1. The van der Waals surface area contributed by atoms with Gasteiger partial charge in [-0.25, -0.2) is 9.59 Å². The van der Waals surface area contributed by atoms with E-state index in [1.165, 1.54) is 20.8 Å². The van der Waals surface area contributed by atoms with Gasteiger partial charge in [0.05, 0.1) is 12.4 Å². The number of unbranched alkanes of at least 4 members (excludes halogenated alkanes) is 7. The van der Waals surface area contributed by atoms with E-state index in [9.17, 15) is 22.8 Å². The van der Waals surface area contributed by atoms with Gasteiger partial charge in [-0.2, -0.15) is 8.42 Å². The fraction of sp³-hybridized carbons (Fsp3) is 0.696. The minimum atomic E-state index is -3.87. The molecule has 0 saturated carbocycles. The fourth-order valence-electron chi connectivity index (χ4n) is 2.64. The molecule has 0 heterocycles. The number of carbonyl (C=O) groups excluding carboxylic acids is 3. The number of rotatable bonds is 18. The molecule has 0 aromatic heterocycles. The van der Waals surface area contributed by atoms with Gasteiger partial charge in [-0.1, -0.05) is 51.7 Å². The summed E-state index contributed by atoms with van der Waals surface area (Å²) in [6, 6.07) is 0. The first-order valence-electron chi connectivity index (χ1n) is 11.1. The van der Waals surface area contributed by atoms with Crippen molar-refractivity contribution in [3.8, 4) is 0 Å². The van der Waals surface area contributed by atoms with E-state index in [1.54, 1.807) is 0 Å². The molecule has 0 aliphatic heterocycles. The summed E-state index contributed by atoms with van der Waals surface area (Å²) >= 11 is 0. The fourth-order valence-corrected chi connectivity index (χ4v) is 3.21. The van der Waals surface area contributed by atoms with Crippen LogP contribution in [-0.4, -0.2) is 56.5 Å². The number of ether oxygens (including phenoxy) is 3. The normalized spacial score (nSPS) is 11.2. The van der Waals surface area contributed by atoms with Crippen molar-refractivity contribution in [2.75, 3.05) is 25.6 Å². The summed E-state index contributed by atoms with van der Waals surface area (Å²) in [5.74, 6) is -2.14. The molecule has 9 nitrogen and oxygen atoms in total. The Morgan fingerprint density at radius 2 is 1.18 bits per heavy atom. The Hall–Kier alpha value is -1.20. The molecule has 11 heteroatoms. The monoisotopic (exact) mass is 514 g/mol. The third-order valence-electron chi connectivity index (χ3n) is 4.76. The van der Waals surface area contributed by atoms with Gasteiger partial charge in [0.25, 0.3) is 10.1 Å². The molecule has 0 unspecified atom stereocenters. The van der Waals surface area contributed by atoms with Gasteiger partial charge >= 0.3 is 47.5 Å². The zero-order valence-electron chi connectivity index (χ0n) is 22.0. The van der Waals surface area contributed by atoms with Gasteiger partial charge in [0.2, 0.25) is 0 Å². The Balaban J connectivity index is -0.00000512. The van der Waals surface area contributed by atoms with Crippen LogP contribution in [0.4, 0.5) is 0 Å². The van der Waals surface area contributed by atoms with Crippen molar-refractivity contribution in [3.05, 3.63) is 24.3 Å². The minimum absolute atomic E-state index is 0. The van der Waals surface area contributed by atoms with Crippen LogP contribution in [0.25, 0.3) is 0 Å². The number of esters is 3. The maximum atomic E-state index is 12.6. The van der Waals surface area contributed by atoms with Crippen molar-refractivity contribution in [2.45, 2.75) is 72.1 Å². The second kappa shape index (κ2) is 18.1. The summed E-state index contributed by atoms with van der Waals surface area (Å²) in [5.41, 5.74) is -0.996. The quantitative estimate of drug-likeness (QED) is 0.0707. The van der Waals surface area contributed by atoms with Crippen LogP contribution in [0.15, 0.2) is 24.3 Å². The number of hydrogen-bond acceptors (Lipinski definition) is 8. The van der Waals surface area contributed by atoms with Gasteiger partial charge in [-0.15, -0.1) is 0 Å². The average Bonchev–Trinajstić information content (AvgIpc) is 2.72.